The van der Waals surface area contributed by atoms with Crippen LogP contribution in [-0.4, -0.2) is 31.1 Å². The maximum Gasteiger partial charge on any atom is 0.122 e. The summed E-state index contributed by atoms with van der Waals surface area (Å²) in [6.07, 6.45) is 7.18. The molecule has 1 aliphatic heterocycles. The van der Waals surface area contributed by atoms with Gasteiger partial charge in [0, 0.05) is 6.54 Å². The van der Waals surface area contributed by atoms with Gasteiger partial charge < -0.3 is 9.73 Å². The minimum atomic E-state index is 0.406. The zero-order valence-corrected chi connectivity index (χ0v) is 10.8. The molecule has 1 aromatic rings. The molecule has 17 heavy (non-hydrogen) atoms. The van der Waals surface area contributed by atoms with Crippen molar-refractivity contribution in [1.29, 1.82) is 0 Å². The van der Waals surface area contributed by atoms with E-state index < -0.39 is 0 Å². The zero-order valence-electron chi connectivity index (χ0n) is 10.8. The summed E-state index contributed by atoms with van der Waals surface area (Å²) in [5.74, 6) is 1.10. The summed E-state index contributed by atoms with van der Waals surface area (Å²) in [6, 6.07) is 4.50. The van der Waals surface area contributed by atoms with E-state index in [4.69, 9.17) is 4.42 Å². The highest BCUT2D eigenvalue weighted by molar-refractivity contribution is 5.05. The van der Waals surface area contributed by atoms with Crippen molar-refractivity contribution < 1.29 is 4.42 Å². The fourth-order valence-electron chi connectivity index (χ4n) is 2.58. The Labute approximate surface area is 104 Å². The molecule has 0 saturated carbocycles. The van der Waals surface area contributed by atoms with Gasteiger partial charge in [0.05, 0.1) is 12.3 Å². The number of likely N-dealkylation sites (tertiary alicyclic amines) is 1. The van der Waals surface area contributed by atoms with Crippen molar-refractivity contribution in [3.8, 4) is 0 Å². The summed E-state index contributed by atoms with van der Waals surface area (Å²) in [6.45, 7) is 6.57. The van der Waals surface area contributed by atoms with E-state index in [1.807, 2.05) is 6.07 Å². The van der Waals surface area contributed by atoms with E-state index in [0.717, 1.165) is 18.8 Å². The predicted octanol–water partition coefficient (Wildman–Crippen LogP) is 2.81. The molecule has 0 aromatic carbocycles. The molecule has 2 rings (SSSR count). The lowest BCUT2D eigenvalue weighted by atomic mass is 10.1. The van der Waals surface area contributed by atoms with E-state index >= 15 is 0 Å². The lowest BCUT2D eigenvalue weighted by molar-refractivity contribution is 0.177. The van der Waals surface area contributed by atoms with E-state index in [2.05, 4.69) is 23.2 Å². The number of hydrogen-bond donors (Lipinski definition) is 1. The monoisotopic (exact) mass is 236 g/mol. The molecular weight excluding hydrogens is 212 g/mol. The van der Waals surface area contributed by atoms with Crippen molar-refractivity contribution in [3.63, 3.8) is 0 Å². The summed E-state index contributed by atoms with van der Waals surface area (Å²) in [5.41, 5.74) is 0. The van der Waals surface area contributed by atoms with E-state index in [-0.39, 0.29) is 0 Å². The highest BCUT2D eigenvalue weighted by atomic mass is 16.3. The number of rotatable bonds is 5. The largest absolute Gasteiger partial charge is 0.468 e. The molecule has 0 amide bonds. The molecule has 3 heteroatoms. The Morgan fingerprint density at radius 2 is 2.06 bits per heavy atom. The Kier molecular flexibility index (Phi) is 5.08. The van der Waals surface area contributed by atoms with Gasteiger partial charge in [-0.3, -0.25) is 4.90 Å². The normalized spacial score (nSPS) is 20.1. The second-order valence-electron chi connectivity index (χ2n) is 4.79. The van der Waals surface area contributed by atoms with Gasteiger partial charge in [-0.2, -0.15) is 0 Å². The molecule has 3 nitrogen and oxygen atoms in total. The SMILES string of the molecule is CCNCC(c1ccco1)N1CCCCCC1. The minimum Gasteiger partial charge on any atom is -0.468 e. The lowest BCUT2D eigenvalue weighted by Gasteiger charge is -2.29. The van der Waals surface area contributed by atoms with Gasteiger partial charge in [0.25, 0.3) is 0 Å². The van der Waals surface area contributed by atoms with Gasteiger partial charge in [0.15, 0.2) is 0 Å². The van der Waals surface area contributed by atoms with Gasteiger partial charge in [0.1, 0.15) is 5.76 Å². The van der Waals surface area contributed by atoms with Crippen LogP contribution in [0.4, 0.5) is 0 Å². The molecule has 1 fully saturated rings. The van der Waals surface area contributed by atoms with Crippen LogP contribution in [0.5, 0.6) is 0 Å². The third-order valence-corrected chi connectivity index (χ3v) is 3.54. The zero-order chi connectivity index (χ0) is 11.9. The number of likely N-dealkylation sites (N-methyl/N-ethyl adjacent to an activating group) is 1. The van der Waals surface area contributed by atoms with Gasteiger partial charge in [-0.05, 0) is 44.6 Å². The highest BCUT2D eigenvalue weighted by Gasteiger charge is 2.22. The number of hydrogen-bond acceptors (Lipinski definition) is 3. The second-order valence-corrected chi connectivity index (χ2v) is 4.79. The first-order valence-electron chi connectivity index (χ1n) is 6.90. The molecule has 1 aliphatic rings. The Balaban J connectivity index is 2.02. The van der Waals surface area contributed by atoms with E-state index in [1.54, 1.807) is 6.26 Å². The molecule has 1 N–H and O–H groups in total. The standard InChI is InChI=1S/C14H24N2O/c1-2-15-12-13(14-8-7-11-17-14)16-9-5-3-4-6-10-16/h7-8,11,13,15H,2-6,9-10,12H2,1H3. The number of furan rings is 1. The van der Waals surface area contributed by atoms with Crippen LogP contribution in [0.3, 0.4) is 0 Å². The van der Waals surface area contributed by atoms with E-state index in [1.165, 1.54) is 38.8 Å². The Morgan fingerprint density at radius 1 is 1.29 bits per heavy atom. The average molecular weight is 236 g/mol. The van der Waals surface area contributed by atoms with Crippen LogP contribution in [0.2, 0.25) is 0 Å². The first kappa shape index (κ1) is 12.7. The van der Waals surface area contributed by atoms with Gasteiger partial charge in [-0.15, -0.1) is 0 Å². The van der Waals surface area contributed by atoms with E-state index in [0.29, 0.717) is 6.04 Å². The molecule has 0 spiro atoms. The van der Waals surface area contributed by atoms with Crippen LogP contribution in [0.25, 0.3) is 0 Å². The van der Waals surface area contributed by atoms with Crippen molar-refractivity contribution >= 4 is 0 Å². The Hall–Kier alpha value is -0.800. The fraction of sp³-hybridized carbons (Fsp3) is 0.714. The summed E-state index contributed by atoms with van der Waals surface area (Å²) >= 11 is 0. The summed E-state index contributed by atoms with van der Waals surface area (Å²) in [7, 11) is 0. The first-order valence-corrected chi connectivity index (χ1v) is 6.90. The lowest BCUT2D eigenvalue weighted by Crippen LogP contribution is -2.36. The van der Waals surface area contributed by atoms with Crippen molar-refractivity contribution in [1.82, 2.24) is 10.2 Å². The molecule has 1 aromatic heterocycles. The molecule has 2 heterocycles. The van der Waals surface area contributed by atoms with Crippen molar-refractivity contribution in [2.75, 3.05) is 26.2 Å². The molecule has 0 bridgehead atoms. The molecule has 0 radical (unpaired) electrons. The molecule has 96 valence electrons. The summed E-state index contributed by atoms with van der Waals surface area (Å²) in [4.78, 5) is 2.58. The van der Waals surface area contributed by atoms with Crippen LogP contribution in [0.1, 0.15) is 44.4 Å². The topological polar surface area (TPSA) is 28.4 Å². The first-order chi connectivity index (χ1) is 8.42. The molecule has 1 atom stereocenters. The summed E-state index contributed by atoms with van der Waals surface area (Å²) in [5, 5.41) is 3.45. The average Bonchev–Trinajstić information content (AvgIpc) is 2.73. The number of nitrogens with zero attached hydrogens (tertiary/aromatic N) is 1. The van der Waals surface area contributed by atoms with Crippen molar-refractivity contribution in [2.45, 2.75) is 38.6 Å². The van der Waals surface area contributed by atoms with Crippen LogP contribution < -0.4 is 5.32 Å². The highest BCUT2D eigenvalue weighted by Crippen LogP contribution is 2.24. The van der Waals surface area contributed by atoms with Crippen LogP contribution in [-0.2, 0) is 0 Å². The molecule has 1 unspecified atom stereocenters. The second kappa shape index (κ2) is 6.82. The van der Waals surface area contributed by atoms with Gasteiger partial charge >= 0.3 is 0 Å². The summed E-state index contributed by atoms with van der Waals surface area (Å²) < 4.78 is 5.61. The maximum absolute atomic E-state index is 5.61. The Morgan fingerprint density at radius 3 is 2.65 bits per heavy atom. The smallest absolute Gasteiger partial charge is 0.122 e. The predicted molar refractivity (Wildman–Crippen MR) is 70.0 cm³/mol. The van der Waals surface area contributed by atoms with Crippen LogP contribution in [0, 0.1) is 0 Å². The fourth-order valence-corrected chi connectivity index (χ4v) is 2.58. The third kappa shape index (κ3) is 3.58. The van der Waals surface area contributed by atoms with Crippen LogP contribution in [0.15, 0.2) is 22.8 Å². The number of nitrogens with one attached hydrogen (secondary N) is 1. The minimum absolute atomic E-state index is 0.406. The molecular formula is C14H24N2O. The Bertz CT molecular complexity index is 289. The van der Waals surface area contributed by atoms with Gasteiger partial charge in [-0.25, -0.2) is 0 Å². The third-order valence-electron chi connectivity index (χ3n) is 3.54. The molecule has 0 aliphatic carbocycles. The van der Waals surface area contributed by atoms with Crippen LogP contribution >= 0.6 is 0 Å². The van der Waals surface area contributed by atoms with Crippen molar-refractivity contribution in [3.05, 3.63) is 24.2 Å². The van der Waals surface area contributed by atoms with E-state index in [9.17, 15) is 0 Å². The molecule has 1 saturated heterocycles. The maximum atomic E-state index is 5.61. The van der Waals surface area contributed by atoms with Gasteiger partial charge in [-0.1, -0.05) is 19.8 Å². The van der Waals surface area contributed by atoms with Gasteiger partial charge in [0.2, 0.25) is 0 Å². The van der Waals surface area contributed by atoms with Crippen molar-refractivity contribution in [2.24, 2.45) is 0 Å². The quantitative estimate of drug-likeness (QED) is 0.852.